The molecule has 0 aliphatic carbocycles. The second-order valence-corrected chi connectivity index (χ2v) is 3.41. The molecule has 1 atom stereocenters. The largest absolute Gasteiger partial charge is 0.349 e. The van der Waals surface area contributed by atoms with Crippen LogP contribution in [0.5, 0.6) is 0 Å². The topological polar surface area (TPSA) is 65.8 Å². The third-order valence-corrected chi connectivity index (χ3v) is 2.01. The molecule has 78 valence electrons. The molecular formula is C11H13N3O. The van der Waals surface area contributed by atoms with Crippen molar-refractivity contribution < 1.29 is 4.79 Å². The van der Waals surface area contributed by atoms with Crippen LogP contribution < -0.4 is 5.32 Å². The number of pyridine rings is 1. The second-order valence-electron chi connectivity index (χ2n) is 3.41. The summed E-state index contributed by atoms with van der Waals surface area (Å²) in [5, 5.41) is 11.2. The van der Waals surface area contributed by atoms with E-state index in [0.717, 1.165) is 5.56 Å². The Bertz CT molecular complexity index is 395. The maximum absolute atomic E-state index is 11.6. The highest BCUT2D eigenvalue weighted by Crippen LogP contribution is 2.02. The van der Waals surface area contributed by atoms with E-state index in [1.807, 2.05) is 13.0 Å². The fourth-order valence-electron chi connectivity index (χ4n) is 1.10. The molecule has 15 heavy (non-hydrogen) atoms. The average molecular weight is 203 g/mol. The van der Waals surface area contributed by atoms with Gasteiger partial charge in [-0.15, -0.1) is 0 Å². The van der Waals surface area contributed by atoms with E-state index in [2.05, 4.69) is 16.4 Å². The molecule has 1 heterocycles. The Hall–Kier alpha value is -1.89. The van der Waals surface area contributed by atoms with Gasteiger partial charge in [0.2, 0.25) is 0 Å². The van der Waals surface area contributed by atoms with Crippen LogP contribution in [0.2, 0.25) is 0 Å². The number of hydrogen-bond donors (Lipinski definition) is 1. The lowest BCUT2D eigenvalue weighted by Crippen LogP contribution is -2.29. The molecule has 4 nitrogen and oxygen atoms in total. The molecule has 0 aliphatic rings. The number of nitrogens with one attached hydrogen (secondary N) is 1. The Balaban J connectivity index is 2.63. The standard InChI is InChI=1S/C11H13N3O/c1-8(6-12)7-14-11(15)10-9(2)4-3-5-13-10/h3-5,8H,7H2,1-2H3,(H,14,15). The number of aryl methyl sites for hydroxylation is 1. The molecule has 0 spiro atoms. The molecule has 0 saturated heterocycles. The van der Waals surface area contributed by atoms with E-state index in [4.69, 9.17) is 5.26 Å². The van der Waals surface area contributed by atoms with Crippen LogP contribution >= 0.6 is 0 Å². The number of hydrogen-bond acceptors (Lipinski definition) is 3. The first-order chi connectivity index (χ1) is 7.15. The van der Waals surface area contributed by atoms with E-state index in [9.17, 15) is 4.79 Å². The van der Waals surface area contributed by atoms with Crippen LogP contribution in [0.15, 0.2) is 18.3 Å². The zero-order valence-electron chi connectivity index (χ0n) is 8.82. The highest BCUT2D eigenvalue weighted by atomic mass is 16.1. The van der Waals surface area contributed by atoms with E-state index in [0.29, 0.717) is 12.2 Å². The van der Waals surface area contributed by atoms with Crippen molar-refractivity contribution in [2.24, 2.45) is 5.92 Å². The Kier molecular flexibility index (Phi) is 3.81. The smallest absolute Gasteiger partial charge is 0.270 e. The van der Waals surface area contributed by atoms with Gasteiger partial charge in [-0.25, -0.2) is 0 Å². The van der Waals surface area contributed by atoms with Crippen molar-refractivity contribution in [3.8, 4) is 6.07 Å². The van der Waals surface area contributed by atoms with Gasteiger partial charge in [0.05, 0.1) is 12.0 Å². The SMILES string of the molecule is Cc1cccnc1C(=O)NCC(C)C#N. The molecule has 1 N–H and O–H groups in total. The fraction of sp³-hybridized carbons (Fsp3) is 0.364. The molecule has 0 aliphatic heterocycles. The van der Waals surface area contributed by atoms with Crippen LogP contribution in [0.4, 0.5) is 0 Å². The Labute approximate surface area is 88.9 Å². The summed E-state index contributed by atoms with van der Waals surface area (Å²) in [7, 11) is 0. The van der Waals surface area contributed by atoms with Gasteiger partial charge in [0.25, 0.3) is 5.91 Å². The van der Waals surface area contributed by atoms with Gasteiger partial charge in [0, 0.05) is 12.7 Å². The summed E-state index contributed by atoms with van der Waals surface area (Å²) in [5.74, 6) is -0.409. The number of rotatable bonds is 3. The summed E-state index contributed by atoms with van der Waals surface area (Å²) in [6.45, 7) is 3.94. The molecule has 4 heteroatoms. The van der Waals surface area contributed by atoms with E-state index in [1.54, 1.807) is 19.2 Å². The second kappa shape index (κ2) is 5.11. The van der Waals surface area contributed by atoms with E-state index >= 15 is 0 Å². The summed E-state index contributed by atoms with van der Waals surface area (Å²) in [6.07, 6.45) is 1.58. The summed E-state index contributed by atoms with van der Waals surface area (Å²) in [6, 6.07) is 5.66. The van der Waals surface area contributed by atoms with Gasteiger partial charge < -0.3 is 5.32 Å². The lowest BCUT2D eigenvalue weighted by atomic mass is 10.2. The van der Waals surface area contributed by atoms with Crippen molar-refractivity contribution >= 4 is 5.91 Å². The quantitative estimate of drug-likeness (QED) is 0.804. The van der Waals surface area contributed by atoms with Gasteiger partial charge in [0.1, 0.15) is 5.69 Å². The highest BCUT2D eigenvalue weighted by Gasteiger charge is 2.10. The van der Waals surface area contributed by atoms with Crippen LogP contribution in [0.3, 0.4) is 0 Å². The highest BCUT2D eigenvalue weighted by molar-refractivity contribution is 5.93. The first kappa shape index (κ1) is 11.2. The van der Waals surface area contributed by atoms with Gasteiger partial charge >= 0.3 is 0 Å². The zero-order chi connectivity index (χ0) is 11.3. The minimum atomic E-state index is -0.227. The first-order valence-corrected chi connectivity index (χ1v) is 4.74. The number of nitriles is 1. The molecule has 0 radical (unpaired) electrons. The maximum atomic E-state index is 11.6. The number of carbonyl (C=O) groups is 1. The number of amides is 1. The Morgan fingerprint density at radius 2 is 2.47 bits per heavy atom. The summed E-state index contributed by atoms with van der Waals surface area (Å²) < 4.78 is 0. The van der Waals surface area contributed by atoms with Crippen LogP contribution in [0.1, 0.15) is 23.0 Å². The van der Waals surface area contributed by atoms with Gasteiger partial charge in [0.15, 0.2) is 0 Å². The molecule has 1 unspecified atom stereocenters. The van der Waals surface area contributed by atoms with Gasteiger partial charge in [-0.1, -0.05) is 6.07 Å². The van der Waals surface area contributed by atoms with Crippen LogP contribution in [0.25, 0.3) is 0 Å². The predicted octanol–water partition coefficient (Wildman–Crippen LogP) is 1.28. The molecule has 1 aromatic rings. The Morgan fingerprint density at radius 1 is 1.73 bits per heavy atom. The van der Waals surface area contributed by atoms with Crippen molar-refractivity contribution in [3.63, 3.8) is 0 Å². The predicted molar refractivity (Wildman–Crippen MR) is 56.1 cm³/mol. The minimum absolute atomic E-state index is 0.182. The van der Waals surface area contributed by atoms with Gasteiger partial charge in [-0.05, 0) is 25.5 Å². The monoisotopic (exact) mass is 203 g/mol. The molecule has 1 amide bonds. The molecule has 1 rings (SSSR count). The van der Waals surface area contributed by atoms with Crippen molar-refractivity contribution in [2.45, 2.75) is 13.8 Å². The molecule has 0 aromatic carbocycles. The van der Waals surface area contributed by atoms with E-state index in [1.165, 1.54) is 0 Å². The normalized spacial score (nSPS) is 11.5. The number of aromatic nitrogens is 1. The molecule has 0 saturated carbocycles. The van der Waals surface area contributed by atoms with Crippen molar-refractivity contribution in [3.05, 3.63) is 29.6 Å². The van der Waals surface area contributed by atoms with Crippen LogP contribution in [0, 0.1) is 24.2 Å². The first-order valence-electron chi connectivity index (χ1n) is 4.74. The van der Waals surface area contributed by atoms with Crippen molar-refractivity contribution in [2.75, 3.05) is 6.54 Å². The van der Waals surface area contributed by atoms with E-state index < -0.39 is 0 Å². The summed E-state index contributed by atoms with van der Waals surface area (Å²) >= 11 is 0. The maximum Gasteiger partial charge on any atom is 0.270 e. The van der Waals surface area contributed by atoms with Crippen molar-refractivity contribution in [1.29, 1.82) is 5.26 Å². The van der Waals surface area contributed by atoms with Crippen LogP contribution in [-0.4, -0.2) is 17.4 Å². The molecular weight excluding hydrogens is 190 g/mol. The molecule has 0 fully saturated rings. The third kappa shape index (κ3) is 3.06. The summed E-state index contributed by atoms with van der Waals surface area (Å²) in [4.78, 5) is 15.6. The Morgan fingerprint density at radius 3 is 3.07 bits per heavy atom. The molecule has 1 aromatic heterocycles. The minimum Gasteiger partial charge on any atom is -0.349 e. The average Bonchev–Trinajstić information content (AvgIpc) is 2.26. The molecule has 0 bridgehead atoms. The number of nitrogens with zero attached hydrogens (tertiary/aromatic N) is 2. The summed E-state index contributed by atoms with van der Waals surface area (Å²) in [5.41, 5.74) is 1.25. The zero-order valence-corrected chi connectivity index (χ0v) is 8.82. The lowest BCUT2D eigenvalue weighted by Gasteiger charge is -2.06. The van der Waals surface area contributed by atoms with Crippen LogP contribution in [-0.2, 0) is 0 Å². The van der Waals surface area contributed by atoms with Crippen molar-refractivity contribution in [1.82, 2.24) is 10.3 Å². The fourth-order valence-corrected chi connectivity index (χ4v) is 1.10. The third-order valence-electron chi connectivity index (χ3n) is 2.01. The number of carbonyl (C=O) groups excluding carboxylic acids is 1. The van der Waals surface area contributed by atoms with Gasteiger partial charge in [-0.3, -0.25) is 9.78 Å². The lowest BCUT2D eigenvalue weighted by molar-refractivity contribution is 0.0945. The van der Waals surface area contributed by atoms with E-state index in [-0.39, 0.29) is 11.8 Å². The van der Waals surface area contributed by atoms with Gasteiger partial charge in [-0.2, -0.15) is 5.26 Å².